The van der Waals surface area contributed by atoms with Gasteiger partial charge in [-0.15, -0.1) is 0 Å². The van der Waals surface area contributed by atoms with Crippen molar-refractivity contribution in [1.29, 1.82) is 0 Å². The lowest BCUT2D eigenvalue weighted by atomic mass is 10.0. The van der Waals surface area contributed by atoms with Crippen LogP contribution >= 0.6 is 0 Å². The van der Waals surface area contributed by atoms with Crippen molar-refractivity contribution < 1.29 is 9.90 Å². The van der Waals surface area contributed by atoms with Gasteiger partial charge >= 0.3 is 0 Å². The Kier molecular flexibility index (Phi) is 3.01. The molecule has 0 fully saturated rings. The summed E-state index contributed by atoms with van der Waals surface area (Å²) in [6.07, 6.45) is 1.04. The molecule has 0 aromatic heterocycles. The molecular weight excluding hydrogens is 200 g/mol. The third-order valence-corrected chi connectivity index (χ3v) is 2.50. The van der Waals surface area contributed by atoms with Gasteiger partial charge in [0.05, 0.1) is 0 Å². The highest BCUT2D eigenvalue weighted by molar-refractivity contribution is 5.67. The molecule has 0 radical (unpaired) electrons. The first-order chi connectivity index (χ1) is 7.81. The van der Waals surface area contributed by atoms with Crippen LogP contribution in [0.4, 0.5) is 0 Å². The first-order valence-corrected chi connectivity index (χ1v) is 5.12. The summed E-state index contributed by atoms with van der Waals surface area (Å²) in [5.41, 5.74) is 2.66. The standard InChI is InChI=1S/C14H12O2/c15-9-8-12-6-7-13(10-14(12)16)11-4-2-1-3-5-11/h1-7,9-10,16H,8H2. The summed E-state index contributed by atoms with van der Waals surface area (Å²) in [5.74, 6) is 0.174. The first kappa shape index (κ1) is 10.4. The fourth-order valence-corrected chi connectivity index (χ4v) is 1.64. The number of benzene rings is 2. The van der Waals surface area contributed by atoms with Crippen molar-refractivity contribution in [3.8, 4) is 16.9 Å². The number of rotatable bonds is 3. The summed E-state index contributed by atoms with van der Waals surface area (Å²) in [6.45, 7) is 0. The highest BCUT2D eigenvalue weighted by Crippen LogP contribution is 2.26. The number of carbonyl (C=O) groups is 1. The van der Waals surface area contributed by atoms with Crippen molar-refractivity contribution >= 4 is 6.29 Å². The van der Waals surface area contributed by atoms with E-state index in [0.29, 0.717) is 5.56 Å². The van der Waals surface area contributed by atoms with Gasteiger partial charge in [-0.2, -0.15) is 0 Å². The first-order valence-electron chi connectivity index (χ1n) is 5.12. The number of aldehydes is 1. The van der Waals surface area contributed by atoms with Gasteiger partial charge < -0.3 is 9.90 Å². The summed E-state index contributed by atoms with van der Waals surface area (Å²) in [6, 6.07) is 15.2. The van der Waals surface area contributed by atoms with Crippen molar-refractivity contribution in [1.82, 2.24) is 0 Å². The second-order valence-corrected chi connectivity index (χ2v) is 3.58. The molecule has 0 saturated carbocycles. The summed E-state index contributed by atoms with van der Waals surface area (Å²) in [4.78, 5) is 10.4. The molecule has 0 atom stereocenters. The minimum Gasteiger partial charge on any atom is -0.508 e. The molecule has 0 aliphatic carbocycles. The molecule has 2 nitrogen and oxygen atoms in total. The van der Waals surface area contributed by atoms with Crippen molar-refractivity contribution in [2.24, 2.45) is 0 Å². The lowest BCUT2D eigenvalue weighted by molar-refractivity contribution is -0.107. The molecule has 2 aromatic rings. The van der Waals surface area contributed by atoms with E-state index in [-0.39, 0.29) is 12.2 Å². The van der Waals surface area contributed by atoms with E-state index in [4.69, 9.17) is 0 Å². The maximum absolute atomic E-state index is 10.4. The molecule has 1 N–H and O–H groups in total. The van der Waals surface area contributed by atoms with E-state index in [0.717, 1.165) is 17.4 Å². The van der Waals surface area contributed by atoms with Crippen LogP contribution in [0.15, 0.2) is 48.5 Å². The largest absolute Gasteiger partial charge is 0.508 e. The minimum absolute atomic E-state index is 0.174. The molecule has 2 aromatic carbocycles. The van der Waals surface area contributed by atoms with Crippen molar-refractivity contribution in [2.75, 3.05) is 0 Å². The van der Waals surface area contributed by atoms with Gasteiger partial charge in [0.25, 0.3) is 0 Å². The third-order valence-electron chi connectivity index (χ3n) is 2.50. The van der Waals surface area contributed by atoms with Gasteiger partial charge in [-0.05, 0) is 17.2 Å². The van der Waals surface area contributed by atoms with Crippen LogP contribution in [0.1, 0.15) is 5.56 Å². The van der Waals surface area contributed by atoms with Crippen molar-refractivity contribution in [3.63, 3.8) is 0 Å². The van der Waals surface area contributed by atoms with E-state index in [9.17, 15) is 9.90 Å². The van der Waals surface area contributed by atoms with Crippen LogP contribution in [-0.4, -0.2) is 11.4 Å². The van der Waals surface area contributed by atoms with E-state index in [1.54, 1.807) is 12.1 Å². The number of phenols is 1. The summed E-state index contributed by atoms with van der Waals surface area (Å²) in [7, 11) is 0. The predicted molar refractivity (Wildman–Crippen MR) is 63.3 cm³/mol. The fourth-order valence-electron chi connectivity index (χ4n) is 1.64. The Morgan fingerprint density at radius 2 is 1.75 bits per heavy atom. The topological polar surface area (TPSA) is 37.3 Å². The van der Waals surface area contributed by atoms with E-state index < -0.39 is 0 Å². The Morgan fingerprint density at radius 3 is 2.38 bits per heavy atom. The zero-order valence-electron chi connectivity index (χ0n) is 8.76. The zero-order valence-corrected chi connectivity index (χ0v) is 8.76. The maximum atomic E-state index is 10.4. The van der Waals surface area contributed by atoms with Crippen molar-refractivity contribution in [3.05, 3.63) is 54.1 Å². The highest BCUT2D eigenvalue weighted by Gasteiger charge is 2.03. The molecule has 80 valence electrons. The van der Waals surface area contributed by atoms with E-state index in [1.165, 1.54) is 0 Å². The van der Waals surface area contributed by atoms with Gasteiger partial charge in [0.15, 0.2) is 0 Å². The van der Waals surface area contributed by atoms with E-state index in [2.05, 4.69) is 0 Å². The average Bonchev–Trinajstić information content (AvgIpc) is 2.33. The molecule has 0 heterocycles. The molecule has 0 aliphatic rings. The normalized spacial score (nSPS) is 10.0. The Hall–Kier alpha value is -2.09. The van der Waals surface area contributed by atoms with Crippen LogP contribution in [0, 0.1) is 0 Å². The number of hydrogen-bond donors (Lipinski definition) is 1. The second kappa shape index (κ2) is 4.62. The van der Waals surface area contributed by atoms with Gasteiger partial charge in [0.2, 0.25) is 0 Å². The number of aromatic hydroxyl groups is 1. The fraction of sp³-hybridized carbons (Fsp3) is 0.0714. The predicted octanol–water partition coefficient (Wildman–Crippen LogP) is 2.80. The van der Waals surface area contributed by atoms with Gasteiger partial charge in [0, 0.05) is 12.0 Å². The van der Waals surface area contributed by atoms with Crippen LogP contribution < -0.4 is 0 Å². The molecule has 2 heteroatoms. The molecule has 2 rings (SSSR count). The van der Waals surface area contributed by atoms with Gasteiger partial charge in [-0.1, -0.05) is 42.5 Å². The van der Waals surface area contributed by atoms with Gasteiger partial charge in [-0.3, -0.25) is 0 Å². The molecule has 0 unspecified atom stereocenters. The van der Waals surface area contributed by atoms with Crippen LogP contribution in [0.2, 0.25) is 0 Å². The third kappa shape index (κ3) is 2.11. The second-order valence-electron chi connectivity index (χ2n) is 3.58. The molecule has 0 saturated heterocycles. The molecule has 16 heavy (non-hydrogen) atoms. The molecular formula is C14H12O2. The van der Waals surface area contributed by atoms with E-state index >= 15 is 0 Å². The monoisotopic (exact) mass is 212 g/mol. The number of phenolic OH excluding ortho intramolecular Hbond substituents is 1. The zero-order chi connectivity index (χ0) is 11.4. The molecule has 0 spiro atoms. The lowest BCUT2D eigenvalue weighted by Gasteiger charge is -2.05. The lowest BCUT2D eigenvalue weighted by Crippen LogP contribution is -1.87. The van der Waals surface area contributed by atoms with Crippen molar-refractivity contribution in [2.45, 2.75) is 6.42 Å². The van der Waals surface area contributed by atoms with Crippen LogP contribution in [-0.2, 0) is 11.2 Å². The maximum Gasteiger partial charge on any atom is 0.124 e. The van der Waals surface area contributed by atoms with Crippen LogP contribution in [0.5, 0.6) is 5.75 Å². The molecule has 0 aliphatic heterocycles. The minimum atomic E-state index is 0.174. The SMILES string of the molecule is O=CCc1ccc(-c2ccccc2)cc1O. The number of hydrogen-bond acceptors (Lipinski definition) is 2. The summed E-state index contributed by atoms with van der Waals surface area (Å²) in [5, 5.41) is 9.72. The Bertz CT molecular complexity index is 489. The molecule has 0 bridgehead atoms. The quantitative estimate of drug-likeness (QED) is 0.794. The smallest absolute Gasteiger partial charge is 0.124 e. The Morgan fingerprint density at radius 1 is 1.00 bits per heavy atom. The van der Waals surface area contributed by atoms with Gasteiger partial charge in [-0.25, -0.2) is 0 Å². The summed E-state index contributed by atoms with van der Waals surface area (Å²) >= 11 is 0. The Labute approximate surface area is 94.2 Å². The average molecular weight is 212 g/mol. The van der Waals surface area contributed by atoms with Gasteiger partial charge in [0.1, 0.15) is 12.0 Å². The van der Waals surface area contributed by atoms with Crippen LogP contribution in [0.3, 0.4) is 0 Å². The highest BCUT2D eigenvalue weighted by atomic mass is 16.3. The van der Waals surface area contributed by atoms with Crippen LogP contribution in [0.25, 0.3) is 11.1 Å². The van der Waals surface area contributed by atoms with E-state index in [1.807, 2.05) is 36.4 Å². The molecule has 0 amide bonds. The number of carbonyl (C=O) groups excluding carboxylic acids is 1. The Balaban J connectivity index is 2.38. The summed E-state index contributed by atoms with van der Waals surface area (Å²) < 4.78 is 0.